The Morgan fingerprint density at radius 1 is 0.909 bits per heavy atom. The van der Waals surface area contributed by atoms with Crippen molar-refractivity contribution in [2.24, 2.45) is 0 Å². The van der Waals surface area contributed by atoms with Gasteiger partial charge in [-0.15, -0.1) is 0 Å². The van der Waals surface area contributed by atoms with E-state index in [1.165, 1.54) is 0 Å². The van der Waals surface area contributed by atoms with Crippen molar-refractivity contribution in [1.82, 2.24) is 14.5 Å². The minimum Gasteiger partial charge on any atom is -0.333 e. The molecule has 1 unspecified atom stereocenters. The highest BCUT2D eigenvalue weighted by Gasteiger charge is 2.27. The number of amides is 1. The third-order valence-corrected chi connectivity index (χ3v) is 6.01. The second-order valence-electron chi connectivity index (χ2n) is 8.05. The first-order valence-electron chi connectivity index (χ1n) is 11.5. The van der Waals surface area contributed by atoms with E-state index in [-0.39, 0.29) is 17.5 Å². The number of rotatable bonds is 8. The summed E-state index contributed by atoms with van der Waals surface area (Å²) < 4.78 is 1.67. The monoisotopic (exact) mass is 439 g/mol. The summed E-state index contributed by atoms with van der Waals surface area (Å²) in [6.45, 7) is 4.56. The van der Waals surface area contributed by atoms with E-state index in [1.54, 1.807) is 10.6 Å². The van der Waals surface area contributed by atoms with E-state index in [0.717, 1.165) is 11.3 Å². The maximum atomic E-state index is 13.6. The molecule has 33 heavy (non-hydrogen) atoms. The summed E-state index contributed by atoms with van der Waals surface area (Å²) in [4.78, 5) is 33.7. The van der Waals surface area contributed by atoms with Crippen molar-refractivity contribution in [2.75, 3.05) is 6.54 Å². The Kier molecular flexibility index (Phi) is 6.98. The lowest BCUT2D eigenvalue weighted by Crippen LogP contribution is -2.38. The molecule has 5 heteroatoms. The van der Waals surface area contributed by atoms with Gasteiger partial charge < -0.3 is 4.90 Å². The lowest BCUT2D eigenvalue weighted by molar-refractivity contribution is -0.133. The van der Waals surface area contributed by atoms with Crippen LogP contribution in [0.5, 0.6) is 0 Å². The van der Waals surface area contributed by atoms with Crippen LogP contribution in [-0.4, -0.2) is 26.9 Å². The van der Waals surface area contributed by atoms with Gasteiger partial charge in [0.25, 0.3) is 5.56 Å². The van der Waals surface area contributed by atoms with Gasteiger partial charge >= 0.3 is 0 Å². The molecule has 1 amide bonds. The summed E-state index contributed by atoms with van der Waals surface area (Å²) in [7, 11) is 0. The number of carbonyl (C=O) groups is 1. The first-order valence-corrected chi connectivity index (χ1v) is 11.5. The van der Waals surface area contributed by atoms with Crippen LogP contribution in [0.4, 0.5) is 0 Å². The number of aryl methyl sites for hydroxylation is 1. The average Bonchev–Trinajstić information content (AvgIpc) is 2.87. The van der Waals surface area contributed by atoms with Crippen LogP contribution in [0.3, 0.4) is 0 Å². The van der Waals surface area contributed by atoms with Crippen molar-refractivity contribution >= 4 is 16.8 Å². The number of aromatic nitrogens is 2. The van der Waals surface area contributed by atoms with E-state index in [0.29, 0.717) is 42.5 Å². The van der Waals surface area contributed by atoms with Gasteiger partial charge in [-0.2, -0.15) is 0 Å². The summed E-state index contributed by atoms with van der Waals surface area (Å²) in [6.07, 6.45) is 1.75. The van der Waals surface area contributed by atoms with Crippen LogP contribution in [0.2, 0.25) is 0 Å². The van der Waals surface area contributed by atoms with Gasteiger partial charge in [0.15, 0.2) is 0 Å². The zero-order valence-corrected chi connectivity index (χ0v) is 19.1. The first-order chi connectivity index (χ1) is 16.1. The van der Waals surface area contributed by atoms with Crippen LogP contribution in [0.1, 0.15) is 44.1 Å². The Balaban J connectivity index is 1.77. The van der Waals surface area contributed by atoms with Crippen LogP contribution in [0, 0.1) is 0 Å². The largest absolute Gasteiger partial charge is 0.333 e. The quantitative estimate of drug-likeness (QED) is 0.373. The Hall–Kier alpha value is -3.73. The number of hydrogen-bond donors (Lipinski definition) is 0. The lowest BCUT2D eigenvalue weighted by atomic mass is 10.1. The van der Waals surface area contributed by atoms with Crippen LogP contribution in [-0.2, 0) is 11.2 Å². The van der Waals surface area contributed by atoms with Crippen molar-refractivity contribution in [2.45, 2.75) is 39.2 Å². The maximum Gasteiger partial charge on any atom is 0.266 e. The van der Waals surface area contributed by atoms with E-state index in [9.17, 15) is 9.59 Å². The van der Waals surface area contributed by atoms with E-state index < -0.39 is 0 Å². The number of benzene rings is 3. The number of para-hydroxylation sites is 2. The molecule has 4 aromatic rings. The zero-order chi connectivity index (χ0) is 23.2. The number of fused-ring (bicyclic) bond motifs is 1. The van der Waals surface area contributed by atoms with Gasteiger partial charge in [0.05, 0.1) is 22.6 Å². The van der Waals surface area contributed by atoms with Crippen molar-refractivity contribution in [1.29, 1.82) is 0 Å². The fraction of sp³-hybridized carbons (Fsp3) is 0.250. The Morgan fingerprint density at radius 2 is 1.55 bits per heavy atom. The molecule has 3 aromatic carbocycles. The molecular weight excluding hydrogens is 410 g/mol. The van der Waals surface area contributed by atoms with Crippen molar-refractivity contribution < 1.29 is 4.79 Å². The molecule has 0 aliphatic heterocycles. The van der Waals surface area contributed by atoms with Gasteiger partial charge in [-0.3, -0.25) is 14.2 Å². The van der Waals surface area contributed by atoms with Crippen LogP contribution in [0.25, 0.3) is 16.6 Å². The van der Waals surface area contributed by atoms with Crippen LogP contribution >= 0.6 is 0 Å². The van der Waals surface area contributed by atoms with Gasteiger partial charge in [-0.1, -0.05) is 67.6 Å². The molecule has 168 valence electrons. The molecule has 0 saturated carbocycles. The van der Waals surface area contributed by atoms with Crippen molar-refractivity contribution in [3.63, 3.8) is 0 Å². The van der Waals surface area contributed by atoms with Gasteiger partial charge in [-0.05, 0) is 49.6 Å². The Bertz CT molecular complexity index is 1280. The fourth-order valence-electron chi connectivity index (χ4n) is 4.35. The molecule has 5 nitrogen and oxygen atoms in total. The molecule has 0 radical (unpaired) electrons. The summed E-state index contributed by atoms with van der Waals surface area (Å²) in [5.41, 5.74) is 2.42. The second-order valence-corrected chi connectivity index (χ2v) is 8.05. The van der Waals surface area contributed by atoms with Gasteiger partial charge in [0.2, 0.25) is 5.91 Å². The van der Waals surface area contributed by atoms with Gasteiger partial charge in [0, 0.05) is 13.0 Å². The SMILES string of the molecule is CCC(c1nc2ccccc2c(=O)n1-c1ccccc1)N(CC)C(=O)CCc1ccccc1. The van der Waals surface area contributed by atoms with E-state index in [4.69, 9.17) is 4.98 Å². The molecule has 1 heterocycles. The molecule has 0 N–H and O–H groups in total. The number of nitrogens with zero attached hydrogens (tertiary/aromatic N) is 3. The number of hydrogen-bond acceptors (Lipinski definition) is 3. The molecule has 0 fully saturated rings. The van der Waals surface area contributed by atoms with Crippen molar-refractivity contribution in [3.05, 3.63) is 107 Å². The molecular formula is C28H29N3O2. The highest BCUT2D eigenvalue weighted by atomic mass is 16.2. The highest BCUT2D eigenvalue weighted by molar-refractivity contribution is 5.79. The summed E-state index contributed by atoms with van der Waals surface area (Å²) >= 11 is 0. The predicted octanol–water partition coefficient (Wildman–Crippen LogP) is 5.32. The second kappa shape index (κ2) is 10.3. The predicted molar refractivity (Wildman–Crippen MR) is 133 cm³/mol. The van der Waals surface area contributed by atoms with Crippen LogP contribution < -0.4 is 5.56 Å². The summed E-state index contributed by atoms with van der Waals surface area (Å²) in [5, 5.41) is 0.568. The molecule has 4 rings (SSSR count). The highest BCUT2D eigenvalue weighted by Crippen LogP contribution is 2.26. The van der Waals surface area contributed by atoms with E-state index in [2.05, 4.69) is 0 Å². The third kappa shape index (κ3) is 4.72. The maximum absolute atomic E-state index is 13.6. The molecule has 1 atom stereocenters. The molecule has 0 aliphatic carbocycles. The fourth-order valence-corrected chi connectivity index (χ4v) is 4.35. The van der Waals surface area contributed by atoms with Crippen LogP contribution in [0.15, 0.2) is 89.7 Å². The molecule has 0 saturated heterocycles. The zero-order valence-electron chi connectivity index (χ0n) is 19.1. The van der Waals surface area contributed by atoms with Crippen molar-refractivity contribution in [3.8, 4) is 5.69 Å². The van der Waals surface area contributed by atoms with E-state index in [1.807, 2.05) is 97.6 Å². The standard InChI is InChI=1S/C28H29N3O2/c1-3-25(30(4-2)26(32)20-19-21-13-7-5-8-14-21)27-29-24-18-12-11-17-23(24)28(33)31(27)22-15-9-6-10-16-22/h5-18,25H,3-4,19-20H2,1-2H3. The number of carbonyl (C=O) groups excluding carboxylic acids is 1. The normalized spacial score (nSPS) is 11.9. The Labute approximate surface area is 194 Å². The topological polar surface area (TPSA) is 55.2 Å². The molecule has 0 bridgehead atoms. The Morgan fingerprint density at radius 3 is 2.21 bits per heavy atom. The van der Waals surface area contributed by atoms with Gasteiger partial charge in [0.1, 0.15) is 5.82 Å². The molecule has 1 aromatic heterocycles. The summed E-state index contributed by atoms with van der Waals surface area (Å²) in [5.74, 6) is 0.664. The lowest BCUT2D eigenvalue weighted by Gasteiger charge is -2.31. The summed E-state index contributed by atoms with van der Waals surface area (Å²) in [6, 6.07) is 26.7. The third-order valence-electron chi connectivity index (χ3n) is 6.01. The minimum atomic E-state index is -0.309. The molecule has 0 spiro atoms. The minimum absolute atomic E-state index is 0.0650. The average molecular weight is 440 g/mol. The van der Waals surface area contributed by atoms with Gasteiger partial charge in [-0.25, -0.2) is 4.98 Å². The van der Waals surface area contributed by atoms with E-state index >= 15 is 0 Å². The smallest absolute Gasteiger partial charge is 0.266 e. The molecule has 0 aliphatic rings. The first kappa shape index (κ1) is 22.5.